The third-order valence-corrected chi connectivity index (χ3v) is 7.18. The third-order valence-electron chi connectivity index (χ3n) is 7.18. The molecule has 0 aliphatic rings. The average molecular weight is 543 g/mol. The minimum atomic E-state index is -0.700. The Hall–Kier alpha value is -4.38. The van der Waals surface area contributed by atoms with Crippen molar-refractivity contribution in [3.63, 3.8) is 0 Å². The van der Waals surface area contributed by atoms with Crippen LogP contribution in [-0.2, 0) is 24.2 Å². The van der Waals surface area contributed by atoms with Crippen molar-refractivity contribution in [2.75, 3.05) is 7.11 Å². The van der Waals surface area contributed by atoms with E-state index in [0.717, 1.165) is 47.3 Å². The molecule has 5 aromatic rings. The molecule has 11 heteroatoms. The van der Waals surface area contributed by atoms with Crippen LogP contribution in [0.1, 0.15) is 57.6 Å². The van der Waals surface area contributed by atoms with Gasteiger partial charge in [-0.15, -0.1) is 5.10 Å². The molecule has 0 saturated carbocycles. The Labute approximate surface area is 231 Å². The van der Waals surface area contributed by atoms with Crippen molar-refractivity contribution in [1.82, 2.24) is 39.3 Å². The number of H-pyrrole nitrogens is 1. The van der Waals surface area contributed by atoms with E-state index in [2.05, 4.69) is 51.8 Å². The van der Waals surface area contributed by atoms with Crippen LogP contribution < -0.4 is 11.2 Å². The number of imidazole rings is 1. The SMILES string of the molecule is CCCCc1nc2c(c(=O)n(C(C)OC)c(=O)n2CCC)n1Cc1ccc(-c2ccccc2-c2nnn[nH]2)cc1. The molecule has 1 N–H and O–H groups in total. The zero-order chi connectivity index (χ0) is 28.2. The predicted molar refractivity (Wildman–Crippen MR) is 153 cm³/mol. The maximum atomic E-state index is 13.8. The van der Waals surface area contributed by atoms with Crippen molar-refractivity contribution >= 4 is 11.2 Å². The number of hydrogen-bond donors (Lipinski definition) is 1. The second-order valence-electron chi connectivity index (χ2n) is 9.83. The lowest BCUT2D eigenvalue weighted by molar-refractivity contribution is 0.0530. The molecule has 2 aromatic carbocycles. The maximum Gasteiger partial charge on any atom is 0.334 e. The quantitative estimate of drug-likeness (QED) is 0.265. The van der Waals surface area contributed by atoms with Crippen molar-refractivity contribution in [1.29, 1.82) is 0 Å². The molecule has 0 amide bonds. The number of nitrogens with zero attached hydrogens (tertiary/aromatic N) is 7. The van der Waals surface area contributed by atoms with Gasteiger partial charge in [0.2, 0.25) is 0 Å². The number of ether oxygens (including phenoxy) is 1. The molecule has 3 aromatic heterocycles. The van der Waals surface area contributed by atoms with E-state index in [9.17, 15) is 9.59 Å². The molecule has 5 rings (SSSR count). The fourth-order valence-corrected chi connectivity index (χ4v) is 5.04. The van der Waals surface area contributed by atoms with E-state index in [-0.39, 0.29) is 5.56 Å². The van der Waals surface area contributed by atoms with Crippen molar-refractivity contribution in [2.24, 2.45) is 0 Å². The molecule has 3 heterocycles. The number of aromatic amines is 1. The van der Waals surface area contributed by atoms with Gasteiger partial charge in [-0.05, 0) is 46.9 Å². The van der Waals surface area contributed by atoms with E-state index in [0.29, 0.717) is 36.5 Å². The van der Waals surface area contributed by atoms with E-state index >= 15 is 0 Å². The molecule has 0 bridgehead atoms. The molecule has 40 heavy (non-hydrogen) atoms. The monoisotopic (exact) mass is 542 g/mol. The third kappa shape index (κ3) is 5.00. The Morgan fingerprint density at radius 1 is 0.975 bits per heavy atom. The van der Waals surface area contributed by atoms with Crippen LogP contribution in [0, 0.1) is 0 Å². The van der Waals surface area contributed by atoms with Gasteiger partial charge in [-0.3, -0.25) is 9.36 Å². The highest BCUT2D eigenvalue weighted by Gasteiger charge is 2.23. The summed E-state index contributed by atoms with van der Waals surface area (Å²) in [6.07, 6.45) is 2.66. The fourth-order valence-electron chi connectivity index (χ4n) is 5.04. The highest BCUT2D eigenvalue weighted by atomic mass is 16.5. The molecular weight excluding hydrogens is 508 g/mol. The summed E-state index contributed by atoms with van der Waals surface area (Å²) >= 11 is 0. The van der Waals surface area contributed by atoms with E-state index < -0.39 is 11.9 Å². The summed E-state index contributed by atoms with van der Waals surface area (Å²) in [5.74, 6) is 1.40. The number of nitrogens with one attached hydrogen (secondary N) is 1. The summed E-state index contributed by atoms with van der Waals surface area (Å²) in [7, 11) is 1.49. The number of methoxy groups -OCH3 is 1. The van der Waals surface area contributed by atoms with Crippen molar-refractivity contribution in [3.8, 4) is 22.5 Å². The number of hydrogen-bond acceptors (Lipinski definition) is 7. The van der Waals surface area contributed by atoms with Crippen molar-refractivity contribution in [2.45, 2.75) is 65.8 Å². The van der Waals surface area contributed by atoms with E-state index in [1.54, 1.807) is 11.5 Å². The highest BCUT2D eigenvalue weighted by molar-refractivity contribution is 5.80. The van der Waals surface area contributed by atoms with Crippen LogP contribution in [-0.4, -0.2) is 46.4 Å². The highest BCUT2D eigenvalue weighted by Crippen LogP contribution is 2.30. The van der Waals surface area contributed by atoms with Gasteiger partial charge in [0.15, 0.2) is 17.0 Å². The standard InChI is InChI=1S/C29H34N8O3/c1-5-7-12-24-30-27-25(28(38)37(19(3)40-4)29(39)35(27)17-6-2)36(24)18-20-13-15-21(16-14-20)22-10-8-9-11-23(22)26-31-33-34-32-26/h8-11,13-16,19H,5-7,12,17-18H2,1-4H3,(H,31,32,33,34). The lowest BCUT2D eigenvalue weighted by Crippen LogP contribution is -2.42. The first kappa shape index (κ1) is 27.2. The Bertz CT molecular complexity index is 1720. The lowest BCUT2D eigenvalue weighted by Gasteiger charge is -2.16. The Morgan fingerprint density at radius 2 is 1.73 bits per heavy atom. The first-order chi connectivity index (χ1) is 19.5. The van der Waals surface area contributed by atoms with E-state index in [1.165, 1.54) is 11.7 Å². The van der Waals surface area contributed by atoms with Gasteiger partial charge in [-0.2, -0.15) is 0 Å². The molecule has 0 saturated heterocycles. The molecule has 0 radical (unpaired) electrons. The molecular formula is C29H34N8O3. The van der Waals surface area contributed by atoms with Gasteiger partial charge >= 0.3 is 5.69 Å². The van der Waals surface area contributed by atoms with E-state index in [1.807, 2.05) is 35.8 Å². The molecule has 0 aliphatic carbocycles. The predicted octanol–water partition coefficient (Wildman–Crippen LogP) is 4.17. The molecule has 0 spiro atoms. The molecule has 0 aliphatic heterocycles. The number of fused-ring (bicyclic) bond motifs is 1. The Morgan fingerprint density at radius 3 is 2.38 bits per heavy atom. The molecule has 208 valence electrons. The number of unbranched alkanes of at least 4 members (excludes halogenated alkanes) is 1. The van der Waals surface area contributed by atoms with Crippen molar-refractivity contribution in [3.05, 3.63) is 80.8 Å². The van der Waals surface area contributed by atoms with Crippen LogP contribution in [0.5, 0.6) is 0 Å². The molecule has 11 nitrogen and oxygen atoms in total. The summed E-state index contributed by atoms with van der Waals surface area (Å²) < 4.78 is 10.2. The summed E-state index contributed by atoms with van der Waals surface area (Å²) in [5.41, 5.74) is 4.02. The number of aromatic nitrogens is 8. The van der Waals surface area contributed by atoms with Crippen LogP contribution in [0.4, 0.5) is 0 Å². The molecule has 1 unspecified atom stereocenters. The summed E-state index contributed by atoms with van der Waals surface area (Å²) in [5, 5.41) is 14.3. The smallest absolute Gasteiger partial charge is 0.334 e. The van der Waals surface area contributed by atoms with E-state index in [4.69, 9.17) is 9.72 Å². The average Bonchev–Trinajstić information content (AvgIpc) is 3.63. The summed E-state index contributed by atoms with van der Waals surface area (Å²) in [6, 6.07) is 16.2. The van der Waals surface area contributed by atoms with Gasteiger partial charge in [0.1, 0.15) is 12.1 Å². The summed E-state index contributed by atoms with van der Waals surface area (Å²) in [6.45, 7) is 6.74. The topological polar surface area (TPSA) is 126 Å². The van der Waals surface area contributed by atoms with Gasteiger partial charge < -0.3 is 9.30 Å². The Balaban J connectivity index is 1.61. The normalized spacial score (nSPS) is 12.3. The van der Waals surface area contributed by atoms with Crippen LogP contribution in [0.25, 0.3) is 33.7 Å². The van der Waals surface area contributed by atoms with Gasteiger partial charge in [-0.1, -0.05) is 68.8 Å². The zero-order valence-corrected chi connectivity index (χ0v) is 23.3. The minimum Gasteiger partial charge on any atom is -0.361 e. The summed E-state index contributed by atoms with van der Waals surface area (Å²) in [4.78, 5) is 32.0. The molecule has 0 fully saturated rings. The van der Waals surface area contributed by atoms with Crippen LogP contribution in [0.15, 0.2) is 58.1 Å². The van der Waals surface area contributed by atoms with Gasteiger partial charge in [-0.25, -0.2) is 19.4 Å². The van der Waals surface area contributed by atoms with Crippen LogP contribution >= 0.6 is 0 Å². The molecule has 1 atom stereocenters. The van der Waals surface area contributed by atoms with Crippen molar-refractivity contribution < 1.29 is 4.74 Å². The minimum absolute atomic E-state index is 0.386. The lowest BCUT2D eigenvalue weighted by atomic mass is 9.98. The maximum absolute atomic E-state index is 13.8. The second-order valence-corrected chi connectivity index (χ2v) is 9.83. The first-order valence-electron chi connectivity index (χ1n) is 13.7. The van der Waals surface area contributed by atoms with Gasteiger partial charge in [0, 0.05) is 32.2 Å². The van der Waals surface area contributed by atoms with Gasteiger partial charge in [0.05, 0.1) is 0 Å². The second kappa shape index (κ2) is 11.8. The number of rotatable bonds is 11. The largest absolute Gasteiger partial charge is 0.361 e. The Kier molecular flexibility index (Phi) is 8.01. The number of benzene rings is 2. The first-order valence-corrected chi connectivity index (χ1v) is 13.7. The zero-order valence-electron chi connectivity index (χ0n) is 23.3. The van der Waals surface area contributed by atoms with Crippen LogP contribution in [0.2, 0.25) is 0 Å². The van der Waals surface area contributed by atoms with Gasteiger partial charge in [0.25, 0.3) is 5.56 Å². The van der Waals surface area contributed by atoms with Crippen LogP contribution in [0.3, 0.4) is 0 Å². The fraction of sp³-hybridized carbons (Fsp3) is 0.379. The number of tetrazole rings is 1. The number of aryl methyl sites for hydroxylation is 2.